The third-order valence-corrected chi connectivity index (χ3v) is 4.97. The molecule has 0 bridgehead atoms. The fourth-order valence-corrected chi connectivity index (χ4v) is 3.75. The summed E-state index contributed by atoms with van der Waals surface area (Å²) in [5, 5.41) is 7.67. The molecule has 1 heterocycles. The molecule has 2 aliphatic carbocycles. The van der Waals surface area contributed by atoms with Gasteiger partial charge in [0.05, 0.1) is 0 Å². The number of piperidine rings is 1. The molecule has 0 aromatic heterocycles. The zero-order chi connectivity index (χ0) is 11.0. The Morgan fingerprint density at radius 2 is 1.88 bits per heavy atom. The molecule has 16 heavy (non-hydrogen) atoms. The Labute approximate surface area is 99.6 Å². The van der Waals surface area contributed by atoms with E-state index in [2.05, 4.69) is 17.6 Å². The summed E-state index contributed by atoms with van der Waals surface area (Å²) >= 11 is 0. The number of hydrogen-bond acceptors (Lipinski definition) is 2. The van der Waals surface area contributed by atoms with Gasteiger partial charge in [0.2, 0.25) is 0 Å². The predicted octanol–water partition coefficient (Wildman–Crippen LogP) is 2.30. The first-order valence-corrected chi connectivity index (χ1v) is 7.34. The molecule has 2 N–H and O–H groups in total. The maximum absolute atomic E-state index is 3.91. The first-order chi connectivity index (χ1) is 7.84. The molecular weight excluding hydrogens is 196 g/mol. The van der Waals surface area contributed by atoms with Crippen molar-refractivity contribution in [1.82, 2.24) is 10.6 Å². The zero-order valence-electron chi connectivity index (χ0n) is 10.5. The van der Waals surface area contributed by atoms with Gasteiger partial charge in [-0.1, -0.05) is 19.8 Å². The van der Waals surface area contributed by atoms with E-state index in [1.807, 2.05) is 0 Å². The second-order valence-corrected chi connectivity index (χ2v) is 6.24. The highest BCUT2D eigenvalue weighted by atomic mass is 15.0. The Kier molecular flexibility index (Phi) is 3.21. The van der Waals surface area contributed by atoms with Gasteiger partial charge in [-0.2, -0.15) is 0 Å². The summed E-state index contributed by atoms with van der Waals surface area (Å²) in [6, 6.07) is 2.50. The van der Waals surface area contributed by atoms with Crippen molar-refractivity contribution in [3.63, 3.8) is 0 Å². The highest BCUT2D eigenvalue weighted by molar-refractivity contribution is 4.98. The van der Waals surface area contributed by atoms with Gasteiger partial charge in [-0.25, -0.2) is 0 Å². The number of rotatable bonds is 3. The summed E-state index contributed by atoms with van der Waals surface area (Å²) in [5.74, 6) is 1.87. The molecule has 5 atom stereocenters. The van der Waals surface area contributed by atoms with E-state index >= 15 is 0 Å². The van der Waals surface area contributed by atoms with Crippen molar-refractivity contribution in [2.24, 2.45) is 11.8 Å². The lowest BCUT2D eigenvalue weighted by Crippen LogP contribution is -2.47. The van der Waals surface area contributed by atoms with E-state index < -0.39 is 0 Å². The minimum absolute atomic E-state index is 0.822. The van der Waals surface area contributed by atoms with Crippen molar-refractivity contribution in [3.8, 4) is 0 Å². The summed E-state index contributed by atoms with van der Waals surface area (Å²) in [7, 11) is 0. The van der Waals surface area contributed by atoms with Gasteiger partial charge in [0.1, 0.15) is 0 Å². The van der Waals surface area contributed by atoms with Crippen LogP contribution < -0.4 is 10.6 Å². The third-order valence-electron chi connectivity index (χ3n) is 4.97. The van der Waals surface area contributed by atoms with Crippen LogP contribution in [0.3, 0.4) is 0 Å². The van der Waals surface area contributed by atoms with Crippen molar-refractivity contribution in [2.45, 2.75) is 70.0 Å². The van der Waals surface area contributed by atoms with Crippen molar-refractivity contribution in [1.29, 1.82) is 0 Å². The lowest BCUT2D eigenvalue weighted by atomic mass is 9.88. The van der Waals surface area contributed by atoms with Crippen molar-refractivity contribution < 1.29 is 0 Å². The lowest BCUT2D eigenvalue weighted by Gasteiger charge is -2.33. The van der Waals surface area contributed by atoms with E-state index in [-0.39, 0.29) is 0 Å². The van der Waals surface area contributed by atoms with Crippen LogP contribution in [0.5, 0.6) is 0 Å². The molecule has 0 radical (unpaired) electrons. The zero-order valence-corrected chi connectivity index (χ0v) is 10.5. The standard InChI is InChI=1S/C14H26N2/c1-10-9-14(10)16-13-7-4-5-11(13)12-6-2-3-8-15-12/h10-16H,2-9H2,1H3. The fraction of sp³-hybridized carbons (Fsp3) is 1.00. The second-order valence-electron chi connectivity index (χ2n) is 6.24. The quantitative estimate of drug-likeness (QED) is 0.765. The van der Waals surface area contributed by atoms with Gasteiger partial charge < -0.3 is 10.6 Å². The minimum Gasteiger partial charge on any atom is -0.314 e. The summed E-state index contributed by atoms with van der Waals surface area (Å²) in [6.45, 7) is 3.63. The van der Waals surface area contributed by atoms with Crippen LogP contribution in [0.15, 0.2) is 0 Å². The summed E-state index contributed by atoms with van der Waals surface area (Å²) in [4.78, 5) is 0. The van der Waals surface area contributed by atoms with Crippen molar-refractivity contribution in [2.75, 3.05) is 6.54 Å². The number of hydrogen-bond donors (Lipinski definition) is 2. The number of nitrogens with one attached hydrogen (secondary N) is 2. The van der Waals surface area contributed by atoms with Gasteiger partial charge in [0, 0.05) is 18.1 Å². The minimum atomic E-state index is 0.822. The molecule has 2 saturated carbocycles. The van der Waals surface area contributed by atoms with E-state index in [4.69, 9.17) is 0 Å². The van der Waals surface area contributed by atoms with Crippen LogP contribution in [-0.2, 0) is 0 Å². The Morgan fingerprint density at radius 3 is 2.56 bits per heavy atom. The van der Waals surface area contributed by atoms with Crippen molar-refractivity contribution >= 4 is 0 Å². The molecule has 5 unspecified atom stereocenters. The molecule has 0 aromatic rings. The van der Waals surface area contributed by atoms with Crippen LogP contribution in [0.4, 0.5) is 0 Å². The van der Waals surface area contributed by atoms with E-state index in [1.165, 1.54) is 51.5 Å². The molecule has 3 rings (SSSR count). The van der Waals surface area contributed by atoms with Gasteiger partial charge in [0.25, 0.3) is 0 Å². The second kappa shape index (κ2) is 4.66. The molecule has 92 valence electrons. The van der Waals surface area contributed by atoms with Gasteiger partial charge in [-0.15, -0.1) is 0 Å². The summed E-state index contributed by atoms with van der Waals surface area (Å²) in [5.41, 5.74) is 0. The van der Waals surface area contributed by atoms with Crippen LogP contribution in [0.1, 0.15) is 51.9 Å². The Balaban J connectivity index is 1.55. The predicted molar refractivity (Wildman–Crippen MR) is 67.5 cm³/mol. The molecule has 2 heteroatoms. The van der Waals surface area contributed by atoms with Crippen LogP contribution in [-0.4, -0.2) is 24.7 Å². The highest BCUT2D eigenvalue weighted by Crippen LogP contribution is 2.36. The molecule has 0 amide bonds. The topological polar surface area (TPSA) is 24.1 Å². The lowest BCUT2D eigenvalue weighted by molar-refractivity contribution is 0.255. The molecule has 1 saturated heterocycles. The first-order valence-electron chi connectivity index (χ1n) is 7.34. The third kappa shape index (κ3) is 2.28. The van der Waals surface area contributed by atoms with E-state index in [0.29, 0.717) is 0 Å². The van der Waals surface area contributed by atoms with E-state index in [1.54, 1.807) is 0 Å². The summed E-state index contributed by atoms with van der Waals surface area (Å²) < 4.78 is 0. The Morgan fingerprint density at radius 1 is 1.00 bits per heavy atom. The van der Waals surface area contributed by atoms with Crippen LogP contribution in [0.25, 0.3) is 0 Å². The molecule has 1 aliphatic heterocycles. The van der Waals surface area contributed by atoms with Crippen LogP contribution in [0.2, 0.25) is 0 Å². The van der Waals surface area contributed by atoms with E-state index in [0.717, 1.165) is 30.0 Å². The Hall–Kier alpha value is -0.0800. The van der Waals surface area contributed by atoms with Crippen LogP contribution >= 0.6 is 0 Å². The van der Waals surface area contributed by atoms with E-state index in [9.17, 15) is 0 Å². The summed E-state index contributed by atoms with van der Waals surface area (Å²) in [6.07, 6.45) is 10.00. The van der Waals surface area contributed by atoms with Gasteiger partial charge in [0.15, 0.2) is 0 Å². The van der Waals surface area contributed by atoms with Gasteiger partial charge in [-0.3, -0.25) is 0 Å². The monoisotopic (exact) mass is 222 g/mol. The fourth-order valence-electron chi connectivity index (χ4n) is 3.75. The Bertz CT molecular complexity index is 235. The highest BCUT2D eigenvalue weighted by Gasteiger charge is 2.40. The molecule has 2 nitrogen and oxygen atoms in total. The van der Waals surface area contributed by atoms with Crippen molar-refractivity contribution in [3.05, 3.63) is 0 Å². The molecule has 0 aromatic carbocycles. The van der Waals surface area contributed by atoms with Gasteiger partial charge >= 0.3 is 0 Å². The first kappa shape index (κ1) is 11.0. The maximum Gasteiger partial charge on any atom is 0.0113 e. The van der Waals surface area contributed by atoms with Crippen LogP contribution in [0, 0.1) is 11.8 Å². The smallest absolute Gasteiger partial charge is 0.0113 e. The molecule has 0 spiro atoms. The molecular formula is C14H26N2. The molecule has 3 fully saturated rings. The normalized spacial score (nSPS) is 48.2. The average molecular weight is 222 g/mol. The maximum atomic E-state index is 3.91. The molecule has 3 aliphatic rings. The average Bonchev–Trinajstić information content (AvgIpc) is 2.82. The largest absolute Gasteiger partial charge is 0.314 e. The SMILES string of the molecule is CC1CC1NC1CCCC1C1CCCCN1. The van der Waals surface area contributed by atoms with Gasteiger partial charge in [-0.05, 0) is 50.5 Å².